The normalized spacial score (nSPS) is 13.1. The van der Waals surface area contributed by atoms with Crippen LogP contribution >= 0.6 is 11.3 Å². The molecule has 1 aromatic heterocycles. The molecular weight excluding hydrogens is 448 g/mol. The topological polar surface area (TPSA) is 112 Å². The summed E-state index contributed by atoms with van der Waals surface area (Å²) >= 11 is 1.17. The van der Waals surface area contributed by atoms with E-state index in [0.717, 1.165) is 18.0 Å². The van der Waals surface area contributed by atoms with E-state index in [4.69, 9.17) is 4.74 Å². The fourth-order valence-electron chi connectivity index (χ4n) is 2.78. The van der Waals surface area contributed by atoms with Crippen LogP contribution in [0.25, 0.3) is 10.2 Å². The third-order valence-corrected chi connectivity index (χ3v) is 7.57. The van der Waals surface area contributed by atoms with Gasteiger partial charge in [-0.25, -0.2) is 16.8 Å². The summed E-state index contributed by atoms with van der Waals surface area (Å²) in [5.41, 5.74) is 0.867. The van der Waals surface area contributed by atoms with Gasteiger partial charge in [0.2, 0.25) is 0 Å². The molecule has 2 aromatic carbocycles. The second-order valence-electron chi connectivity index (χ2n) is 6.65. The highest BCUT2D eigenvalue weighted by Crippen LogP contribution is 2.22. The molecule has 8 nitrogen and oxygen atoms in total. The van der Waals surface area contributed by atoms with E-state index in [1.165, 1.54) is 41.7 Å². The molecule has 0 fully saturated rings. The van der Waals surface area contributed by atoms with E-state index in [1.807, 2.05) is 0 Å². The van der Waals surface area contributed by atoms with E-state index in [9.17, 15) is 21.6 Å². The van der Waals surface area contributed by atoms with Crippen LogP contribution in [0.4, 0.5) is 0 Å². The molecule has 11 heteroatoms. The number of carbonyl (C=O) groups excluding carboxylic acids is 1. The molecule has 0 spiro atoms. The second-order valence-corrected chi connectivity index (χ2v) is 11.7. The number of amides is 1. The first kappa shape index (κ1) is 22.3. The molecule has 160 valence electrons. The van der Waals surface area contributed by atoms with Crippen LogP contribution in [0.5, 0.6) is 0 Å². The smallest absolute Gasteiger partial charge is 0.279 e. The van der Waals surface area contributed by atoms with Gasteiger partial charge >= 0.3 is 0 Å². The molecule has 0 saturated carbocycles. The molecule has 3 aromatic rings. The van der Waals surface area contributed by atoms with Gasteiger partial charge in [0.25, 0.3) is 5.91 Å². The number of fused-ring (bicyclic) bond motifs is 1. The SMILES string of the molecule is COCCn1c(=NC(=O)c2cccc(S(C)(=O)=O)c2)sc2cc(S(C)(=O)=O)ccc21. The largest absolute Gasteiger partial charge is 0.383 e. The van der Waals surface area contributed by atoms with Crippen LogP contribution in [0.3, 0.4) is 0 Å². The van der Waals surface area contributed by atoms with E-state index in [-0.39, 0.29) is 15.4 Å². The Bertz CT molecular complexity index is 1400. The summed E-state index contributed by atoms with van der Waals surface area (Å²) in [5.74, 6) is -0.596. The fourth-order valence-corrected chi connectivity index (χ4v) is 5.26. The number of sulfone groups is 2. The Morgan fingerprint density at radius 3 is 2.33 bits per heavy atom. The summed E-state index contributed by atoms with van der Waals surface area (Å²) in [6.45, 7) is 0.773. The second kappa shape index (κ2) is 8.42. The highest BCUT2D eigenvalue weighted by atomic mass is 32.2. The molecule has 0 unspecified atom stereocenters. The summed E-state index contributed by atoms with van der Waals surface area (Å²) in [6, 6.07) is 10.4. The quantitative estimate of drug-likeness (QED) is 0.546. The molecule has 0 aliphatic heterocycles. The van der Waals surface area contributed by atoms with Crippen LogP contribution < -0.4 is 4.80 Å². The minimum Gasteiger partial charge on any atom is -0.383 e. The molecule has 0 saturated heterocycles. The van der Waals surface area contributed by atoms with Crippen molar-refractivity contribution in [2.24, 2.45) is 4.99 Å². The van der Waals surface area contributed by atoms with E-state index < -0.39 is 25.6 Å². The summed E-state index contributed by atoms with van der Waals surface area (Å²) in [5, 5.41) is 0. The monoisotopic (exact) mass is 468 g/mol. The Hall–Kier alpha value is -2.34. The number of carbonyl (C=O) groups is 1. The van der Waals surface area contributed by atoms with Gasteiger partial charge < -0.3 is 9.30 Å². The third kappa shape index (κ3) is 4.86. The van der Waals surface area contributed by atoms with Gasteiger partial charge in [0.05, 0.1) is 26.6 Å². The van der Waals surface area contributed by atoms with Gasteiger partial charge in [-0.05, 0) is 36.4 Å². The predicted molar refractivity (Wildman–Crippen MR) is 114 cm³/mol. The zero-order chi connectivity index (χ0) is 22.1. The molecule has 1 heterocycles. The Kier molecular flexibility index (Phi) is 6.27. The Morgan fingerprint density at radius 1 is 1.03 bits per heavy atom. The lowest BCUT2D eigenvalue weighted by molar-refractivity contribution is 0.0997. The van der Waals surface area contributed by atoms with Gasteiger partial charge in [-0.15, -0.1) is 0 Å². The van der Waals surface area contributed by atoms with Crippen LogP contribution in [-0.4, -0.2) is 53.5 Å². The van der Waals surface area contributed by atoms with Crippen molar-refractivity contribution < 1.29 is 26.4 Å². The Balaban J connectivity index is 2.15. The molecular formula is C19H20N2O6S3. The maximum Gasteiger partial charge on any atom is 0.279 e. The van der Waals surface area contributed by atoms with Gasteiger partial charge in [0, 0.05) is 31.7 Å². The molecule has 0 bridgehead atoms. The third-order valence-electron chi connectivity index (χ3n) is 4.31. The van der Waals surface area contributed by atoms with Gasteiger partial charge in [-0.2, -0.15) is 4.99 Å². The van der Waals surface area contributed by atoms with Crippen molar-refractivity contribution in [2.75, 3.05) is 26.2 Å². The number of thiazole rings is 1. The van der Waals surface area contributed by atoms with Crippen molar-refractivity contribution in [3.8, 4) is 0 Å². The van der Waals surface area contributed by atoms with Gasteiger partial charge in [-0.1, -0.05) is 17.4 Å². The molecule has 30 heavy (non-hydrogen) atoms. The molecule has 1 amide bonds. The zero-order valence-corrected chi connectivity index (χ0v) is 19.0. The molecule has 0 atom stereocenters. The van der Waals surface area contributed by atoms with E-state index in [2.05, 4.69) is 4.99 Å². The van der Waals surface area contributed by atoms with Gasteiger partial charge in [0.15, 0.2) is 24.5 Å². The number of methoxy groups -OCH3 is 1. The number of benzene rings is 2. The van der Waals surface area contributed by atoms with Crippen LogP contribution in [0, 0.1) is 0 Å². The standard InChI is InChI=1S/C19H20N2O6S3/c1-27-10-9-21-16-8-7-15(30(3,25)26)12-17(16)28-19(21)20-18(22)13-5-4-6-14(11-13)29(2,23)24/h4-8,11-12H,9-10H2,1-3H3. The average molecular weight is 469 g/mol. The number of hydrogen-bond donors (Lipinski definition) is 0. The number of aromatic nitrogens is 1. The molecule has 0 aliphatic carbocycles. The summed E-state index contributed by atoms with van der Waals surface area (Å²) in [4.78, 5) is 17.5. The lowest BCUT2D eigenvalue weighted by Gasteiger charge is -2.05. The van der Waals surface area contributed by atoms with Crippen molar-refractivity contribution in [3.05, 3.63) is 52.8 Å². The van der Waals surface area contributed by atoms with Crippen LogP contribution in [0.2, 0.25) is 0 Å². The van der Waals surface area contributed by atoms with E-state index in [0.29, 0.717) is 22.7 Å². The van der Waals surface area contributed by atoms with Gasteiger partial charge in [0.1, 0.15) is 0 Å². The van der Waals surface area contributed by atoms with Crippen LogP contribution in [0.1, 0.15) is 10.4 Å². The van der Waals surface area contributed by atoms with Crippen molar-refractivity contribution in [1.29, 1.82) is 0 Å². The van der Waals surface area contributed by atoms with Crippen LogP contribution in [-0.2, 0) is 31.0 Å². The first-order chi connectivity index (χ1) is 14.0. The molecule has 0 aliphatic rings. The summed E-state index contributed by atoms with van der Waals surface area (Å²) in [7, 11) is -5.29. The minimum atomic E-state index is -3.46. The van der Waals surface area contributed by atoms with E-state index >= 15 is 0 Å². The highest BCUT2D eigenvalue weighted by molar-refractivity contribution is 7.91. The first-order valence-corrected chi connectivity index (χ1v) is 13.3. The maximum atomic E-state index is 12.7. The summed E-state index contributed by atoms with van der Waals surface area (Å²) in [6.07, 6.45) is 2.20. The number of hydrogen-bond acceptors (Lipinski definition) is 7. The van der Waals surface area contributed by atoms with Gasteiger partial charge in [-0.3, -0.25) is 4.79 Å². The highest BCUT2D eigenvalue weighted by Gasteiger charge is 2.15. The zero-order valence-electron chi connectivity index (χ0n) is 16.5. The average Bonchev–Trinajstić information content (AvgIpc) is 3.01. The van der Waals surface area contributed by atoms with Crippen molar-refractivity contribution in [3.63, 3.8) is 0 Å². The molecule has 0 radical (unpaired) electrons. The summed E-state index contributed by atoms with van der Waals surface area (Å²) < 4.78 is 54.8. The maximum absolute atomic E-state index is 12.7. The van der Waals surface area contributed by atoms with Crippen molar-refractivity contribution in [2.45, 2.75) is 16.3 Å². The van der Waals surface area contributed by atoms with Crippen molar-refractivity contribution >= 4 is 47.1 Å². The molecule has 0 N–H and O–H groups in total. The molecule has 3 rings (SSSR count). The number of nitrogens with zero attached hydrogens (tertiary/aromatic N) is 2. The first-order valence-electron chi connectivity index (χ1n) is 8.72. The lowest BCUT2D eigenvalue weighted by Crippen LogP contribution is -2.19. The predicted octanol–water partition coefficient (Wildman–Crippen LogP) is 1.90. The van der Waals surface area contributed by atoms with Crippen LogP contribution in [0.15, 0.2) is 57.2 Å². The number of ether oxygens (including phenoxy) is 1. The lowest BCUT2D eigenvalue weighted by atomic mass is 10.2. The van der Waals surface area contributed by atoms with Crippen molar-refractivity contribution in [1.82, 2.24) is 4.57 Å². The minimum absolute atomic E-state index is 0.0324. The fraction of sp³-hybridized carbons (Fsp3) is 0.263. The Labute approximate surface area is 178 Å². The number of rotatable bonds is 6. The van der Waals surface area contributed by atoms with E-state index in [1.54, 1.807) is 23.8 Å². The Morgan fingerprint density at radius 2 is 1.70 bits per heavy atom.